The van der Waals surface area contributed by atoms with Gasteiger partial charge in [0.2, 0.25) is 0 Å². The van der Waals surface area contributed by atoms with Gasteiger partial charge in [0.15, 0.2) is 0 Å². The average Bonchev–Trinajstić information content (AvgIpc) is 2.34. The topological polar surface area (TPSA) is 81.4 Å². The molecule has 19 heavy (non-hydrogen) atoms. The molecule has 0 saturated carbocycles. The SMILES string of the molecule is CCOC(=O)C=CCNc1cc(Cl)ccc1C(N)=O. The van der Waals surface area contributed by atoms with Crippen LogP contribution in [0.1, 0.15) is 17.3 Å². The molecule has 0 aromatic heterocycles. The monoisotopic (exact) mass is 282 g/mol. The predicted molar refractivity (Wildman–Crippen MR) is 74.2 cm³/mol. The summed E-state index contributed by atoms with van der Waals surface area (Å²) in [6.45, 7) is 2.41. The Morgan fingerprint density at radius 3 is 2.84 bits per heavy atom. The van der Waals surface area contributed by atoms with Gasteiger partial charge < -0.3 is 15.8 Å². The molecule has 0 fully saturated rings. The average molecular weight is 283 g/mol. The molecule has 1 rings (SSSR count). The summed E-state index contributed by atoms with van der Waals surface area (Å²) in [5, 5.41) is 3.44. The largest absolute Gasteiger partial charge is 0.463 e. The van der Waals surface area contributed by atoms with Gasteiger partial charge in [-0.25, -0.2) is 4.79 Å². The van der Waals surface area contributed by atoms with Gasteiger partial charge in [0.25, 0.3) is 5.91 Å². The fourth-order valence-electron chi connectivity index (χ4n) is 1.39. The predicted octanol–water partition coefficient (Wildman–Crippen LogP) is 1.97. The number of nitrogens with one attached hydrogen (secondary N) is 1. The third-order valence-electron chi connectivity index (χ3n) is 2.20. The summed E-state index contributed by atoms with van der Waals surface area (Å²) in [5.41, 5.74) is 6.11. The number of esters is 1. The number of nitrogens with two attached hydrogens (primary N) is 1. The zero-order valence-electron chi connectivity index (χ0n) is 10.5. The first kappa shape index (κ1) is 15.0. The van der Waals surface area contributed by atoms with Crippen molar-refractivity contribution in [2.75, 3.05) is 18.5 Å². The third-order valence-corrected chi connectivity index (χ3v) is 2.43. The molecule has 3 N–H and O–H groups in total. The van der Waals surface area contributed by atoms with Crippen LogP contribution < -0.4 is 11.1 Å². The maximum atomic E-state index is 11.2. The van der Waals surface area contributed by atoms with E-state index in [4.69, 9.17) is 22.1 Å². The van der Waals surface area contributed by atoms with E-state index in [1.807, 2.05) is 0 Å². The first-order valence-corrected chi connectivity index (χ1v) is 6.09. The van der Waals surface area contributed by atoms with Crippen molar-refractivity contribution in [1.29, 1.82) is 0 Å². The Morgan fingerprint density at radius 1 is 1.47 bits per heavy atom. The van der Waals surface area contributed by atoms with Crippen LogP contribution in [0.4, 0.5) is 5.69 Å². The maximum Gasteiger partial charge on any atom is 0.330 e. The standard InChI is InChI=1S/C13H15ClN2O3/c1-2-19-12(17)4-3-7-16-11-8-9(14)5-6-10(11)13(15)18/h3-6,8,16H,2,7H2,1H3,(H2,15,18). The highest BCUT2D eigenvalue weighted by molar-refractivity contribution is 6.31. The van der Waals surface area contributed by atoms with Crippen LogP contribution in [0, 0.1) is 0 Å². The molecule has 0 atom stereocenters. The van der Waals surface area contributed by atoms with Crippen molar-refractivity contribution in [3.63, 3.8) is 0 Å². The number of hydrogen-bond donors (Lipinski definition) is 2. The Labute approximate surface area is 116 Å². The number of carbonyl (C=O) groups excluding carboxylic acids is 2. The van der Waals surface area contributed by atoms with E-state index < -0.39 is 11.9 Å². The first-order valence-electron chi connectivity index (χ1n) is 5.71. The number of rotatable bonds is 6. The Balaban J connectivity index is 2.64. The van der Waals surface area contributed by atoms with E-state index in [-0.39, 0.29) is 0 Å². The highest BCUT2D eigenvalue weighted by atomic mass is 35.5. The van der Waals surface area contributed by atoms with E-state index in [1.54, 1.807) is 31.2 Å². The number of amides is 1. The number of primary amides is 1. The van der Waals surface area contributed by atoms with Crippen molar-refractivity contribution in [3.8, 4) is 0 Å². The van der Waals surface area contributed by atoms with E-state index in [9.17, 15) is 9.59 Å². The minimum atomic E-state index is -0.548. The number of halogens is 1. The minimum Gasteiger partial charge on any atom is -0.463 e. The molecule has 1 aromatic carbocycles. The molecule has 6 heteroatoms. The summed E-state index contributed by atoms with van der Waals surface area (Å²) in [4.78, 5) is 22.3. The molecule has 0 aliphatic rings. The van der Waals surface area contributed by atoms with Crippen LogP contribution in [0.3, 0.4) is 0 Å². The van der Waals surface area contributed by atoms with Crippen LogP contribution >= 0.6 is 11.6 Å². The van der Waals surface area contributed by atoms with Crippen molar-refractivity contribution in [2.45, 2.75) is 6.92 Å². The minimum absolute atomic E-state index is 0.330. The number of benzene rings is 1. The Morgan fingerprint density at radius 2 is 2.21 bits per heavy atom. The van der Waals surface area contributed by atoms with Crippen LogP contribution in [-0.4, -0.2) is 25.0 Å². The molecule has 0 radical (unpaired) electrons. The molecule has 0 aliphatic heterocycles. The van der Waals surface area contributed by atoms with Crippen LogP contribution in [0.2, 0.25) is 5.02 Å². The van der Waals surface area contributed by atoms with Gasteiger partial charge in [0.05, 0.1) is 12.2 Å². The summed E-state index contributed by atoms with van der Waals surface area (Å²) in [5.74, 6) is -0.959. The van der Waals surface area contributed by atoms with Crippen LogP contribution in [0.15, 0.2) is 30.4 Å². The van der Waals surface area contributed by atoms with Crippen molar-refractivity contribution in [2.24, 2.45) is 5.73 Å². The van der Waals surface area contributed by atoms with Crippen molar-refractivity contribution in [1.82, 2.24) is 0 Å². The van der Waals surface area contributed by atoms with Crippen molar-refractivity contribution in [3.05, 3.63) is 40.9 Å². The van der Waals surface area contributed by atoms with E-state index >= 15 is 0 Å². The zero-order chi connectivity index (χ0) is 14.3. The third kappa shape index (κ3) is 5.01. The number of carbonyl (C=O) groups is 2. The second-order valence-electron chi connectivity index (χ2n) is 3.59. The summed E-state index contributed by atoms with van der Waals surface area (Å²) in [7, 11) is 0. The molecule has 0 saturated heterocycles. The molecule has 5 nitrogen and oxygen atoms in total. The molecule has 0 spiro atoms. The number of hydrogen-bond acceptors (Lipinski definition) is 4. The van der Waals surface area contributed by atoms with E-state index in [0.29, 0.717) is 29.4 Å². The molecule has 0 heterocycles. The van der Waals surface area contributed by atoms with Crippen molar-refractivity contribution >= 4 is 29.2 Å². The lowest BCUT2D eigenvalue weighted by Gasteiger charge is -2.08. The Hall–Kier alpha value is -2.01. The van der Waals surface area contributed by atoms with E-state index in [2.05, 4.69) is 5.32 Å². The van der Waals surface area contributed by atoms with Crippen LogP contribution in [-0.2, 0) is 9.53 Å². The molecule has 1 amide bonds. The fourth-order valence-corrected chi connectivity index (χ4v) is 1.56. The molecular weight excluding hydrogens is 268 g/mol. The second-order valence-corrected chi connectivity index (χ2v) is 4.03. The highest BCUT2D eigenvalue weighted by Gasteiger charge is 2.07. The molecule has 0 aliphatic carbocycles. The van der Waals surface area contributed by atoms with Gasteiger partial charge in [0, 0.05) is 23.3 Å². The summed E-state index contributed by atoms with van der Waals surface area (Å²) in [6.07, 6.45) is 2.90. The smallest absolute Gasteiger partial charge is 0.330 e. The lowest BCUT2D eigenvalue weighted by atomic mass is 10.1. The summed E-state index contributed by atoms with van der Waals surface area (Å²) >= 11 is 5.84. The van der Waals surface area contributed by atoms with Gasteiger partial charge >= 0.3 is 5.97 Å². The molecule has 0 unspecified atom stereocenters. The molecule has 0 bridgehead atoms. The van der Waals surface area contributed by atoms with Gasteiger partial charge in [-0.3, -0.25) is 4.79 Å². The van der Waals surface area contributed by atoms with Crippen LogP contribution in [0.25, 0.3) is 0 Å². The zero-order valence-corrected chi connectivity index (χ0v) is 11.2. The van der Waals surface area contributed by atoms with E-state index in [0.717, 1.165) is 0 Å². The second kappa shape index (κ2) is 7.43. The fraction of sp³-hybridized carbons (Fsp3) is 0.231. The highest BCUT2D eigenvalue weighted by Crippen LogP contribution is 2.20. The Bertz CT molecular complexity index is 501. The number of anilines is 1. The summed E-state index contributed by atoms with van der Waals surface area (Å²) in [6, 6.07) is 4.73. The van der Waals surface area contributed by atoms with E-state index in [1.165, 1.54) is 6.08 Å². The van der Waals surface area contributed by atoms with Gasteiger partial charge in [-0.2, -0.15) is 0 Å². The Kier molecular flexibility index (Phi) is 5.89. The van der Waals surface area contributed by atoms with Gasteiger partial charge in [-0.1, -0.05) is 17.7 Å². The molecular formula is C13H15ClN2O3. The normalized spacial score (nSPS) is 10.4. The van der Waals surface area contributed by atoms with Crippen LogP contribution in [0.5, 0.6) is 0 Å². The van der Waals surface area contributed by atoms with Crippen molar-refractivity contribution < 1.29 is 14.3 Å². The quantitative estimate of drug-likeness (QED) is 0.617. The molecule has 1 aromatic rings. The number of ether oxygens (including phenoxy) is 1. The van der Waals surface area contributed by atoms with Gasteiger partial charge in [-0.15, -0.1) is 0 Å². The maximum absolute atomic E-state index is 11.2. The van der Waals surface area contributed by atoms with Gasteiger partial charge in [-0.05, 0) is 25.1 Å². The molecule has 102 valence electrons. The summed E-state index contributed by atoms with van der Waals surface area (Å²) < 4.78 is 4.73. The van der Waals surface area contributed by atoms with Gasteiger partial charge in [0.1, 0.15) is 0 Å². The first-order chi connectivity index (χ1) is 9.04. The lowest BCUT2D eigenvalue weighted by molar-refractivity contribution is -0.137. The lowest BCUT2D eigenvalue weighted by Crippen LogP contribution is -2.14.